The lowest BCUT2D eigenvalue weighted by molar-refractivity contribution is 0.426. The Bertz CT molecular complexity index is 5550. The van der Waals surface area contributed by atoms with Gasteiger partial charge in [0.2, 0.25) is 0 Å². The lowest BCUT2D eigenvalue weighted by Crippen LogP contribution is -2.29. The number of nitriles is 6. The van der Waals surface area contributed by atoms with Gasteiger partial charge in [0.05, 0.1) is 84.0 Å². The second-order valence-corrected chi connectivity index (χ2v) is 35.7. The van der Waals surface area contributed by atoms with E-state index in [0.717, 1.165) is 94.1 Å². The van der Waals surface area contributed by atoms with Crippen molar-refractivity contribution in [2.75, 3.05) is 0 Å². The van der Waals surface area contributed by atoms with Crippen LogP contribution in [0.15, 0.2) is 264 Å². The number of nitrogens with zero attached hydrogens (tertiary/aromatic N) is 12. The van der Waals surface area contributed by atoms with E-state index >= 15 is 0 Å². The average Bonchev–Trinajstić information content (AvgIpc) is 0.817. The van der Waals surface area contributed by atoms with Crippen LogP contribution < -0.4 is 5.46 Å². The first kappa shape index (κ1) is 95.4. The summed E-state index contributed by atoms with van der Waals surface area (Å²) in [6.45, 7) is 26.9. The number of aromatic nitrogens is 6. The summed E-state index contributed by atoms with van der Waals surface area (Å²) in [4.78, 5) is 7.94. The minimum absolute atomic E-state index is 0.408. The molecule has 0 amide bonds. The van der Waals surface area contributed by atoms with Crippen LogP contribution in [0.2, 0.25) is 0 Å². The Morgan fingerprint density at radius 2 is 0.681 bits per heavy atom. The number of alkyl halides is 1. The van der Waals surface area contributed by atoms with Gasteiger partial charge in [-0.2, -0.15) is 41.8 Å². The standard InChI is InChI=1S/C23H20N4.C13H13BrN4.C11H11Br2N.C11H12BrN.C10H9BO2.2C9H8BrN.C8H9Br/c1-23(2,14-24)22-10-17(13-27-16-25-15-26-27)9-21(12-22)20-8-7-18-5-3-4-6-19(18)11-20;1-13(2,7-15)11-3-10(4-12(14)5-11)6-18-9-16-8-17-18;1-11(2,7-14)9-3-8(6-12)4-10(13)5-9;1-8-4-9(6-10(12)5-8)11(2,3)7-13;12-11(13)10-6-5-8-3-1-2-4-9(8)7-10;2*1-7-4-8(2-3-11)6-9(10)5-7;1-6-3-7(2)5-8(9)4-6/h3-12,15-16H,13H2,1-2H3;3-5,8-9H,6H2,1-2H3;3-5H,6H2,1-2H3;4-6H,1-3H3;1-7,12-13H;2*4-6H,2H2,1H3;3-5H,1-2H3. The van der Waals surface area contributed by atoms with Crippen LogP contribution in [0.3, 0.4) is 0 Å². The van der Waals surface area contributed by atoms with E-state index in [-0.39, 0.29) is 0 Å². The molecular formula is C94H90BBr7N12O2. The summed E-state index contributed by atoms with van der Waals surface area (Å²) in [6, 6.07) is 84.6. The Kier molecular flexibility index (Phi) is 37.7. The van der Waals surface area contributed by atoms with Crippen molar-refractivity contribution in [1.29, 1.82) is 31.6 Å². The average molecular weight is 1990 g/mol. The Balaban J connectivity index is 0.000000212. The molecule has 14 nitrogen and oxygen atoms in total. The second-order valence-electron chi connectivity index (χ2n) is 29.7. The highest BCUT2D eigenvalue weighted by atomic mass is 79.9. The molecule has 0 unspecified atom stereocenters. The Morgan fingerprint density at radius 3 is 1.06 bits per heavy atom. The van der Waals surface area contributed by atoms with Crippen LogP contribution in [0.4, 0.5) is 0 Å². The monoisotopic (exact) mass is 1980 g/mol. The van der Waals surface area contributed by atoms with E-state index in [9.17, 15) is 10.5 Å². The molecule has 0 fully saturated rings. The molecule has 0 aliphatic rings. The molecule has 0 aliphatic heterocycles. The van der Waals surface area contributed by atoms with Crippen LogP contribution >= 0.6 is 112 Å². The van der Waals surface area contributed by atoms with E-state index in [1.807, 2.05) is 197 Å². The van der Waals surface area contributed by atoms with Gasteiger partial charge in [0.25, 0.3) is 0 Å². The molecule has 13 aromatic rings. The van der Waals surface area contributed by atoms with Gasteiger partial charge < -0.3 is 10.0 Å². The lowest BCUT2D eigenvalue weighted by atomic mass is 9.79. The molecule has 0 saturated carbocycles. The predicted octanol–water partition coefficient (Wildman–Crippen LogP) is 24.8. The summed E-state index contributed by atoms with van der Waals surface area (Å²) in [5, 5.41) is 85.2. The summed E-state index contributed by atoms with van der Waals surface area (Å²) in [5.41, 5.74) is 16.6. The maximum atomic E-state index is 9.62. The molecule has 22 heteroatoms. The van der Waals surface area contributed by atoms with E-state index in [1.165, 1.54) is 61.3 Å². The second kappa shape index (κ2) is 45.9. The number of hydrogen-bond donors (Lipinski definition) is 2. The minimum atomic E-state index is -1.38. The molecule has 0 radical (unpaired) electrons. The van der Waals surface area contributed by atoms with Crippen molar-refractivity contribution in [2.45, 2.75) is 143 Å². The highest BCUT2D eigenvalue weighted by molar-refractivity contribution is 9.11. The molecule has 2 heterocycles. The number of hydrogen-bond acceptors (Lipinski definition) is 12. The number of aryl methyl sites for hydroxylation is 5. The molecule has 0 saturated heterocycles. The maximum absolute atomic E-state index is 9.62. The molecule has 0 atom stereocenters. The number of benzene rings is 11. The highest BCUT2D eigenvalue weighted by Crippen LogP contribution is 2.34. The predicted molar refractivity (Wildman–Crippen MR) is 496 cm³/mol. The van der Waals surface area contributed by atoms with E-state index in [4.69, 9.17) is 31.1 Å². The van der Waals surface area contributed by atoms with Crippen LogP contribution in [0.5, 0.6) is 0 Å². The zero-order valence-electron chi connectivity index (χ0n) is 67.0. The first-order valence-electron chi connectivity index (χ1n) is 36.6. The summed E-state index contributed by atoms with van der Waals surface area (Å²) >= 11 is 23.9. The van der Waals surface area contributed by atoms with Gasteiger partial charge in [-0.3, -0.25) is 0 Å². The quantitative estimate of drug-likeness (QED) is 0.0808. The number of rotatable bonds is 13. The highest BCUT2D eigenvalue weighted by Gasteiger charge is 2.24. The van der Waals surface area contributed by atoms with Crippen LogP contribution in [0.25, 0.3) is 32.7 Å². The van der Waals surface area contributed by atoms with Crippen molar-refractivity contribution >= 4 is 146 Å². The molecule has 116 heavy (non-hydrogen) atoms. The molecule has 0 aliphatic carbocycles. The topological polar surface area (TPSA) is 245 Å². The molecule has 2 aromatic heterocycles. The van der Waals surface area contributed by atoms with Gasteiger partial charge in [-0.05, 0) is 297 Å². The zero-order chi connectivity index (χ0) is 85.5. The van der Waals surface area contributed by atoms with Crippen LogP contribution in [0.1, 0.15) is 133 Å². The third kappa shape index (κ3) is 31.5. The zero-order valence-corrected chi connectivity index (χ0v) is 78.1. The van der Waals surface area contributed by atoms with Crippen molar-refractivity contribution in [3.05, 3.63) is 342 Å². The molecule has 13 rings (SSSR count). The van der Waals surface area contributed by atoms with Crippen molar-refractivity contribution in [1.82, 2.24) is 29.5 Å². The van der Waals surface area contributed by atoms with Gasteiger partial charge in [-0.25, -0.2) is 19.3 Å². The van der Waals surface area contributed by atoms with Gasteiger partial charge in [0.1, 0.15) is 25.3 Å². The van der Waals surface area contributed by atoms with Gasteiger partial charge in [-0.1, -0.05) is 233 Å². The number of fused-ring (bicyclic) bond motifs is 2. The van der Waals surface area contributed by atoms with Gasteiger partial charge in [0, 0.05) is 32.2 Å². The third-order valence-corrected chi connectivity index (χ3v) is 21.2. The molecule has 11 aromatic carbocycles. The van der Waals surface area contributed by atoms with Crippen LogP contribution in [-0.4, -0.2) is 46.7 Å². The van der Waals surface area contributed by atoms with Crippen LogP contribution in [-0.2, 0) is 52.9 Å². The number of halogens is 7. The Morgan fingerprint density at radius 1 is 0.345 bits per heavy atom. The molecule has 0 bridgehead atoms. The van der Waals surface area contributed by atoms with Gasteiger partial charge >= 0.3 is 7.12 Å². The van der Waals surface area contributed by atoms with E-state index < -0.39 is 28.8 Å². The van der Waals surface area contributed by atoms with E-state index in [2.05, 4.69) is 261 Å². The molecule has 590 valence electrons. The van der Waals surface area contributed by atoms with Crippen molar-refractivity contribution in [2.24, 2.45) is 0 Å². The summed E-state index contributed by atoms with van der Waals surface area (Å²) < 4.78 is 9.83. The summed E-state index contributed by atoms with van der Waals surface area (Å²) in [5.74, 6) is 0. The third-order valence-electron chi connectivity index (χ3n) is 17.8. The molecule has 0 spiro atoms. The van der Waals surface area contributed by atoms with Gasteiger partial charge in [-0.15, -0.1) is 0 Å². The SMILES string of the molecule is CC(C)(C#N)c1cc(Br)cc(CBr)c1.CC(C)(C#N)c1cc(Br)cc(Cn2cncn2)c1.CC(C)(C#N)c1cc(Cn2cncn2)cc(-c2ccc3ccccc3c2)c1.Cc1cc(Br)cc(C(C)(C)C#N)c1.Cc1cc(Br)cc(CC#N)c1.Cc1cc(Br)cc(CC#N)c1.Cc1cc(C)cc(Br)c1.OB(O)c1ccc2ccccc2c1. The fourth-order valence-corrected chi connectivity index (χ4v) is 15.6. The lowest BCUT2D eigenvalue weighted by Gasteiger charge is -2.19. The van der Waals surface area contributed by atoms with Gasteiger partial charge in [0.15, 0.2) is 0 Å². The first-order chi connectivity index (χ1) is 54.9. The van der Waals surface area contributed by atoms with Crippen molar-refractivity contribution in [3.63, 3.8) is 0 Å². The Hall–Kier alpha value is -9.50. The van der Waals surface area contributed by atoms with Crippen molar-refractivity contribution in [3.8, 4) is 47.5 Å². The first-order valence-corrected chi connectivity index (χ1v) is 42.5. The van der Waals surface area contributed by atoms with E-state index in [0.29, 0.717) is 31.4 Å². The minimum Gasteiger partial charge on any atom is -0.423 e. The Labute approximate surface area is 742 Å². The summed E-state index contributed by atoms with van der Waals surface area (Å²) in [6.07, 6.45) is 7.40. The van der Waals surface area contributed by atoms with Crippen molar-refractivity contribution < 1.29 is 10.0 Å². The normalized spacial score (nSPS) is 10.6. The fourth-order valence-electron chi connectivity index (χ4n) is 11.5. The molecule has 2 N–H and O–H groups in total. The molecular weight excluding hydrogens is 1900 g/mol. The maximum Gasteiger partial charge on any atom is 0.488 e. The smallest absolute Gasteiger partial charge is 0.423 e. The summed E-state index contributed by atoms with van der Waals surface area (Å²) in [7, 11) is -1.38. The van der Waals surface area contributed by atoms with Crippen LogP contribution in [0, 0.1) is 103 Å². The fraction of sp³-hybridized carbons (Fsp3) is 0.234. The van der Waals surface area contributed by atoms with E-state index in [1.54, 1.807) is 34.2 Å². The largest absolute Gasteiger partial charge is 0.488 e.